The number of nitrogens with one attached hydrogen (secondary N) is 1. The molecule has 2 N–H and O–H groups in total. The molecule has 0 aromatic heterocycles. The second kappa shape index (κ2) is 6.38. The summed E-state index contributed by atoms with van der Waals surface area (Å²) in [4.78, 5) is 0. The van der Waals surface area contributed by atoms with Crippen LogP contribution < -0.4 is 5.32 Å². The number of hydrogen-bond donors (Lipinski definition) is 2. The van der Waals surface area contributed by atoms with Crippen molar-refractivity contribution < 1.29 is 9.84 Å². The van der Waals surface area contributed by atoms with Crippen LogP contribution in [0, 0.1) is 0 Å². The predicted molar refractivity (Wildman–Crippen MR) is 57.4 cm³/mol. The van der Waals surface area contributed by atoms with Gasteiger partial charge in [-0.25, -0.2) is 0 Å². The lowest BCUT2D eigenvalue weighted by Crippen LogP contribution is -2.38. The molecule has 3 unspecified atom stereocenters. The van der Waals surface area contributed by atoms with Crippen molar-refractivity contribution in [1.29, 1.82) is 0 Å². The largest absolute Gasteiger partial charge is 0.393 e. The molecule has 0 amide bonds. The Bertz CT molecular complexity index is 150. The Morgan fingerprint density at radius 2 is 2.36 bits per heavy atom. The van der Waals surface area contributed by atoms with Gasteiger partial charge in [-0.3, -0.25) is 0 Å². The van der Waals surface area contributed by atoms with Gasteiger partial charge in [-0.15, -0.1) is 0 Å². The predicted octanol–water partition coefficient (Wildman–Crippen LogP) is 1.30. The zero-order chi connectivity index (χ0) is 10.4. The first-order valence-corrected chi connectivity index (χ1v) is 5.71. The molecule has 3 heteroatoms. The Labute approximate surface area is 86.8 Å². The van der Waals surface area contributed by atoms with Crippen LogP contribution in [0.2, 0.25) is 0 Å². The van der Waals surface area contributed by atoms with Crippen molar-refractivity contribution >= 4 is 0 Å². The molecule has 0 aromatic rings. The SMILES string of the molecule is CC(O)CCCNC1CCOC(C)C1. The first-order chi connectivity index (χ1) is 6.68. The van der Waals surface area contributed by atoms with Gasteiger partial charge in [0.05, 0.1) is 12.2 Å². The fourth-order valence-corrected chi connectivity index (χ4v) is 1.89. The molecule has 3 atom stereocenters. The van der Waals surface area contributed by atoms with Crippen molar-refractivity contribution in [1.82, 2.24) is 5.32 Å². The number of aliphatic hydroxyl groups is 1. The molecule has 0 radical (unpaired) electrons. The summed E-state index contributed by atoms with van der Waals surface area (Å²) in [5.74, 6) is 0. The lowest BCUT2D eigenvalue weighted by Gasteiger charge is -2.28. The topological polar surface area (TPSA) is 41.5 Å². The molecule has 1 rings (SSSR count). The molecule has 1 aliphatic rings. The van der Waals surface area contributed by atoms with Gasteiger partial charge in [-0.1, -0.05) is 0 Å². The van der Waals surface area contributed by atoms with Crippen molar-refractivity contribution in [2.75, 3.05) is 13.2 Å². The molecule has 0 bridgehead atoms. The van der Waals surface area contributed by atoms with Gasteiger partial charge in [0.1, 0.15) is 0 Å². The second-order valence-electron chi connectivity index (χ2n) is 4.35. The van der Waals surface area contributed by atoms with Crippen molar-refractivity contribution in [3.8, 4) is 0 Å². The Morgan fingerprint density at radius 3 is 3.00 bits per heavy atom. The van der Waals surface area contributed by atoms with Gasteiger partial charge >= 0.3 is 0 Å². The molecule has 0 aliphatic carbocycles. The van der Waals surface area contributed by atoms with Crippen LogP contribution in [0.3, 0.4) is 0 Å². The van der Waals surface area contributed by atoms with E-state index >= 15 is 0 Å². The Morgan fingerprint density at radius 1 is 1.57 bits per heavy atom. The van der Waals surface area contributed by atoms with E-state index in [1.165, 1.54) is 0 Å². The highest BCUT2D eigenvalue weighted by Crippen LogP contribution is 2.13. The summed E-state index contributed by atoms with van der Waals surface area (Å²) >= 11 is 0. The summed E-state index contributed by atoms with van der Waals surface area (Å²) in [6.45, 7) is 5.87. The fourth-order valence-electron chi connectivity index (χ4n) is 1.89. The third-order valence-electron chi connectivity index (χ3n) is 2.72. The van der Waals surface area contributed by atoms with Crippen LogP contribution in [0.1, 0.15) is 39.5 Å². The normalized spacial score (nSPS) is 30.2. The molecular formula is C11H23NO2. The maximum Gasteiger partial charge on any atom is 0.0561 e. The smallest absolute Gasteiger partial charge is 0.0561 e. The first-order valence-electron chi connectivity index (χ1n) is 5.71. The van der Waals surface area contributed by atoms with E-state index in [9.17, 15) is 0 Å². The number of rotatable bonds is 5. The van der Waals surface area contributed by atoms with Crippen LogP contribution in [0.5, 0.6) is 0 Å². The number of ether oxygens (including phenoxy) is 1. The third-order valence-corrected chi connectivity index (χ3v) is 2.72. The molecule has 0 aromatic carbocycles. The quantitative estimate of drug-likeness (QED) is 0.659. The van der Waals surface area contributed by atoms with Gasteiger partial charge in [-0.2, -0.15) is 0 Å². The van der Waals surface area contributed by atoms with Crippen LogP contribution in [0.15, 0.2) is 0 Å². The van der Waals surface area contributed by atoms with E-state index in [0.29, 0.717) is 12.1 Å². The molecule has 1 heterocycles. The van der Waals surface area contributed by atoms with Crippen molar-refractivity contribution in [3.05, 3.63) is 0 Å². The Balaban J connectivity index is 2.00. The summed E-state index contributed by atoms with van der Waals surface area (Å²) in [6, 6.07) is 0.618. The summed E-state index contributed by atoms with van der Waals surface area (Å²) < 4.78 is 5.47. The maximum absolute atomic E-state index is 9.08. The van der Waals surface area contributed by atoms with Crippen LogP contribution in [-0.2, 0) is 4.74 Å². The molecule has 3 nitrogen and oxygen atoms in total. The van der Waals surface area contributed by atoms with Crippen molar-refractivity contribution in [3.63, 3.8) is 0 Å². The average molecular weight is 201 g/mol. The standard InChI is InChI=1S/C11H23NO2/c1-9(13)4-3-6-12-11-5-7-14-10(2)8-11/h9-13H,3-8H2,1-2H3. The van der Waals surface area contributed by atoms with Crippen LogP contribution in [0.4, 0.5) is 0 Å². The zero-order valence-corrected chi connectivity index (χ0v) is 9.33. The minimum Gasteiger partial charge on any atom is -0.393 e. The third kappa shape index (κ3) is 4.94. The highest BCUT2D eigenvalue weighted by atomic mass is 16.5. The molecular weight excluding hydrogens is 178 g/mol. The molecule has 14 heavy (non-hydrogen) atoms. The van der Waals surface area contributed by atoms with E-state index in [1.807, 2.05) is 6.92 Å². The minimum atomic E-state index is -0.162. The fraction of sp³-hybridized carbons (Fsp3) is 1.00. The van der Waals surface area contributed by atoms with Gasteiger partial charge in [0.2, 0.25) is 0 Å². The molecule has 0 saturated carbocycles. The van der Waals surface area contributed by atoms with Crippen molar-refractivity contribution in [2.45, 2.75) is 57.8 Å². The number of aliphatic hydroxyl groups excluding tert-OH is 1. The monoisotopic (exact) mass is 201 g/mol. The molecule has 84 valence electrons. The van der Waals surface area contributed by atoms with Gasteiger partial charge in [-0.05, 0) is 46.1 Å². The summed E-state index contributed by atoms with van der Waals surface area (Å²) in [5, 5.41) is 12.6. The molecule has 1 saturated heterocycles. The van der Waals surface area contributed by atoms with E-state index in [0.717, 1.165) is 38.8 Å². The molecule has 0 spiro atoms. The summed E-state index contributed by atoms with van der Waals surface area (Å²) in [6.07, 6.45) is 4.44. The van der Waals surface area contributed by atoms with Crippen LogP contribution in [0.25, 0.3) is 0 Å². The summed E-state index contributed by atoms with van der Waals surface area (Å²) in [7, 11) is 0. The average Bonchev–Trinajstić information content (AvgIpc) is 2.12. The van der Waals surface area contributed by atoms with Gasteiger partial charge in [0.15, 0.2) is 0 Å². The van der Waals surface area contributed by atoms with Gasteiger partial charge in [0.25, 0.3) is 0 Å². The first kappa shape index (κ1) is 12.0. The van der Waals surface area contributed by atoms with Gasteiger partial charge < -0.3 is 15.2 Å². The van der Waals surface area contributed by atoms with E-state index in [2.05, 4.69) is 12.2 Å². The minimum absolute atomic E-state index is 0.162. The van der Waals surface area contributed by atoms with E-state index in [1.54, 1.807) is 0 Å². The molecule has 1 aliphatic heterocycles. The maximum atomic E-state index is 9.08. The Hall–Kier alpha value is -0.120. The van der Waals surface area contributed by atoms with Crippen LogP contribution in [-0.4, -0.2) is 36.5 Å². The Kier molecular flexibility index (Phi) is 5.45. The molecule has 1 fully saturated rings. The van der Waals surface area contributed by atoms with E-state index in [-0.39, 0.29) is 6.10 Å². The van der Waals surface area contributed by atoms with Crippen molar-refractivity contribution in [2.24, 2.45) is 0 Å². The highest BCUT2D eigenvalue weighted by molar-refractivity contribution is 4.74. The lowest BCUT2D eigenvalue weighted by atomic mass is 10.0. The van der Waals surface area contributed by atoms with Crippen LogP contribution >= 0.6 is 0 Å². The highest BCUT2D eigenvalue weighted by Gasteiger charge is 2.18. The lowest BCUT2D eigenvalue weighted by molar-refractivity contribution is 0.0132. The summed E-state index contributed by atoms with van der Waals surface area (Å²) in [5.41, 5.74) is 0. The zero-order valence-electron chi connectivity index (χ0n) is 9.33. The number of hydrogen-bond acceptors (Lipinski definition) is 3. The van der Waals surface area contributed by atoms with Gasteiger partial charge in [0, 0.05) is 12.6 Å². The second-order valence-corrected chi connectivity index (χ2v) is 4.35. The van der Waals surface area contributed by atoms with E-state index in [4.69, 9.17) is 9.84 Å². The van der Waals surface area contributed by atoms with E-state index < -0.39 is 0 Å².